The number of carbonyl (C=O) groups excluding carboxylic acids is 1. The van der Waals surface area contributed by atoms with Gasteiger partial charge in [-0.25, -0.2) is 0 Å². The standard InChI is InChI=1S/C10H12N4O2/c11-9(10(15)16-7-13-14-12)6-8-4-2-1-3-5-8/h1-5,9H,6-7,11H2/t9-/m0/s1. The van der Waals surface area contributed by atoms with E-state index in [4.69, 9.17) is 11.3 Å². The van der Waals surface area contributed by atoms with Crippen molar-refractivity contribution in [2.45, 2.75) is 12.5 Å². The lowest BCUT2D eigenvalue weighted by molar-refractivity contribution is -0.144. The molecule has 0 heterocycles. The number of esters is 1. The summed E-state index contributed by atoms with van der Waals surface area (Å²) in [6.45, 7) is -0.322. The summed E-state index contributed by atoms with van der Waals surface area (Å²) in [7, 11) is 0. The summed E-state index contributed by atoms with van der Waals surface area (Å²) in [5.41, 5.74) is 14.6. The van der Waals surface area contributed by atoms with Crippen molar-refractivity contribution in [3.05, 3.63) is 46.3 Å². The summed E-state index contributed by atoms with van der Waals surface area (Å²) in [5.74, 6) is -0.573. The number of azide groups is 1. The van der Waals surface area contributed by atoms with Crippen LogP contribution < -0.4 is 5.73 Å². The van der Waals surface area contributed by atoms with Crippen LogP contribution >= 0.6 is 0 Å². The molecule has 0 radical (unpaired) electrons. The van der Waals surface area contributed by atoms with Gasteiger partial charge >= 0.3 is 5.97 Å². The van der Waals surface area contributed by atoms with Crippen LogP contribution in [0.5, 0.6) is 0 Å². The zero-order valence-corrected chi connectivity index (χ0v) is 8.61. The van der Waals surface area contributed by atoms with Crippen LogP contribution in [0.25, 0.3) is 10.4 Å². The SMILES string of the molecule is [N-]=[N+]=NCOC(=O)[C@@H](N)Cc1ccccc1. The highest BCUT2D eigenvalue weighted by molar-refractivity contribution is 5.75. The largest absolute Gasteiger partial charge is 0.458 e. The Morgan fingerprint density at radius 1 is 1.50 bits per heavy atom. The van der Waals surface area contributed by atoms with Crippen molar-refractivity contribution in [3.8, 4) is 0 Å². The van der Waals surface area contributed by atoms with Gasteiger partial charge in [0.25, 0.3) is 0 Å². The van der Waals surface area contributed by atoms with Crippen LogP contribution in [0.1, 0.15) is 5.56 Å². The lowest BCUT2D eigenvalue weighted by Gasteiger charge is -2.09. The van der Waals surface area contributed by atoms with E-state index in [0.29, 0.717) is 6.42 Å². The molecule has 0 aliphatic carbocycles. The van der Waals surface area contributed by atoms with Gasteiger partial charge < -0.3 is 10.5 Å². The Morgan fingerprint density at radius 2 is 2.19 bits per heavy atom. The second-order valence-corrected chi connectivity index (χ2v) is 3.12. The van der Waals surface area contributed by atoms with E-state index in [9.17, 15) is 4.79 Å². The van der Waals surface area contributed by atoms with Crippen molar-refractivity contribution in [3.63, 3.8) is 0 Å². The first-order valence-electron chi connectivity index (χ1n) is 4.71. The molecule has 2 N–H and O–H groups in total. The maximum atomic E-state index is 11.3. The fourth-order valence-electron chi connectivity index (χ4n) is 1.18. The lowest BCUT2D eigenvalue weighted by atomic mass is 10.1. The van der Waals surface area contributed by atoms with Gasteiger partial charge in [-0.2, -0.15) is 0 Å². The third-order valence-corrected chi connectivity index (χ3v) is 1.93. The number of hydrogen-bond donors (Lipinski definition) is 1. The molecule has 0 aromatic heterocycles. The Hall–Kier alpha value is -2.04. The Bertz CT molecular complexity index is 387. The maximum Gasteiger partial charge on any atom is 0.323 e. The minimum atomic E-state index is -0.740. The molecule has 0 bridgehead atoms. The summed E-state index contributed by atoms with van der Waals surface area (Å²) < 4.78 is 4.63. The van der Waals surface area contributed by atoms with Crippen LogP contribution in [0.3, 0.4) is 0 Å². The number of carbonyl (C=O) groups is 1. The van der Waals surface area contributed by atoms with E-state index >= 15 is 0 Å². The van der Waals surface area contributed by atoms with Gasteiger partial charge in [-0.05, 0) is 17.5 Å². The normalized spacial score (nSPS) is 11.3. The van der Waals surface area contributed by atoms with Crippen molar-refractivity contribution < 1.29 is 9.53 Å². The highest BCUT2D eigenvalue weighted by Gasteiger charge is 2.14. The molecular weight excluding hydrogens is 208 g/mol. The van der Waals surface area contributed by atoms with Gasteiger partial charge in [-0.1, -0.05) is 35.4 Å². The van der Waals surface area contributed by atoms with Gasteiger partial charge in [-0.3, -0.25) is 4.79 Å². The molecule has 0 amide bonds. The van der Waals surface area contributed by atoms with Crippen molar-refractivity contribution in [1.82, 2.24) is 0 Å². The highest BCUT2D eigenvalue weighted by Crippen LogP contribution is 2.02. The van der Waals surface area contributed by atoms with Gasteiger partial charge in [-0.15, -0.1) is 0 Å². The molecule has 1 aromatic carbocycles. The van der Waals surface area contributed by atoms with Crippen molar-refractivity contribution in [2.24, 2.45) is 10.8 Å². The zero-order chi connectivity index (χ0) is 11.8. The van der Waals surface area contributed by atoms with Crippen molar-refractivity contribution >= 4 is 5.97 Å². The maximum absolute atomic E-state index is 11.3. The Balaban J connectivity index is 2.43. The number of rotatable bonds is 5. The number of hydrogen-bond acceptors (Lipinski definition) is 4. The summed E-state index contributed by atoms with van der Waals surface area (Å²) in [4.78, 5) is 13.7. The average molecular weight is 220 g/mol. The fourth-order valence-corrected chi connectivity index (χ4v) is 1.18. The highest BCUT2D eigenvalue weighted by atomic mass is 16.5. The third-order valence-electron chi connectivity index (χ3n) is 1.93. The van der Waals surface area contributed by atoms with Gasteiger partial charge in [0.2, 0.25) is 0 Å². The summed E-state index contributed by atoms with van der Waals surface area (Å²) in [6, 6.07) is 8.63. The molecule has 84 valence electrons. The molecule has 1 aromatic rings. The number of nitrogens with two attached hydrogens (primary N) is 1. The summed E-state index contributed by atoms with van der Waals surface area (Å²) in [6.07, 6.45) is 0.399. The molecule has 16 heavy (non-hydrogen) atoms. The second-order valence-electron chi connectivity index (χ2n) is 3.12. The number of benzene rings is 1. The first-order chi connectivity index (χ1) is 7.74. The molecule has 6 heteroatoms. The van der Waals surface area contributed by atoms with Crippen LogP contribution in [0.15, 0.2) is 35.4 Å². The molecule has 0 aliphatic heterocycles. The zero-order valence-electron chi connectivity index (χ0n) is 8.61. The fraction of sp³-hybridized carbons (Fsp3) is 0.300. The monoisotopic (exact) mass is 220 g/mol. The molecule has 0 saturated carbocycles. The van der Waals surface area contributed by atoms with Crippen LogP contribution in [0.4, 0.5) is 0 Å². The van der Waals surface area contributed by atoms with E-state index < -0.39 is 12.0 Å². The van der Waals surface area contributed by atoms with E-state index in [1.54, 1.807) is 0 Å². The van der Waals surface area contributed by atoms with Crippen molar-refractivity contribution in [1.29, 1.82) is 0 Å². The van der Waals surface area contributed by atoms with Gasteiger partial charge in [0, 0.05) is 4.91 Å². The van der Waals surface area contributed by atoms with E-state index in [2.05, 4.69) is 14.8 Å². The Labute approximate surface area is 92.6 Å². The molecule has 1 atom stereocenters. The van der Waals surface area contributed by atoms with Crippen LogP contribution in [0, 0.1) is 0 Å². The predicted octanol–water partition coefficient (Wildman–Crippen LogP) is 1.37. The molecule has 6 nitrogen and oxygen atoms in total. The number of nitrogens with zero attached hydrogens (tertiary/aromatic N) is 3. The quantitative estimate of drug-likeness (QED) is 0.351. The van der Waals surface area contributed by atoms with E-state index in [1.807, 2.05) is 30.3 Å². The predicted molar refractivity (Wildman–Crippen MR) is 58.2 cm³/mol. The topological polar surface area (TPSA) is 101 Å². The summed E-state index contributed by atoms with van der Waals surface area (Å²) >= 11 is 0. The first-order valence-corrected chi connectivity index (χ1v) is 4.71. The van der Waals surface area contributed by atoms with Crippen LogP contribution in [-0.4, -0.2) is 18.7 Å². The Kier molecular flexibility index (Phi) is 4.85. The Morgan fingerprint density at radius 3 is 2.81 bits per heavy atom. The molecule has 0 fully saturated rings. The molecule has 0 unspecified atom stereocenters. The van der Waals surface area contributed by atoms with E-state index in [0.717, 1.165) is 5.56 Å². The number of ether oxygens (including phenoxy) is 1. The third kappa shape index (κ3) is 4.00. The smallest absolute Gasteiger partial charge is 0.323 e. The minimum Gasteiger partial charge on any atom is -0.458 e. The van der Waals surface area contributed by atoms with Crippen molar-refractivity contribution in [2.75, 3.05) is 6.73 Å². The van der Waals surface area contributed by atoms with E-state index in [-0.39, 0.29) is 6.73 Å². The molecule has 1 rings (SSSR count). The minimum absolute atomic E-state index is 0.322. The van der Waals surface area contributed by atoms with Gasteiger partial charge in [0.15, 0.2) is 6.73 Å². The van der Waals surface area contributed by atoms with Gasteiger partial charge in [0.1, 0.15) is 6.04 Å². The average Bonchev–Trinajstić information content (AvgIpc) is 2.30. The van der Waals surface area contributed by atoms with E-state index in [1.165, 1.54) is 0 Å². The molecule has 0 spiro atoms. The first kappa shape index (κ1) is 12.0. The van der Waals surface area contributed by atoms with Crippen LogP contribution in [-0.2, 0) is 16.0 Å². The second kappa shape index (κ2) is 6.44. The molecule has 0 saturated heterocycles. The summed E-state index contributed by atoms with van der Waals surface area (Å²) in [5, 5.41) is 3.08. The molecule has 0 aliphatic rings. The van der Waals surface area contributed by atoms with Crippen LogP contribution in [0.2, 0.25) is 0 Å². The molecular formula is C10H12N4O2. The van der Waals surface area contributed by atoms with Gasteiger partial charge in [0.05, 0.1) is 0 Å². The lowest BCUT2D eigenvalue weighted by Crippen LogP contribution is -2.34.